The fourth-order valence-corrected chi connectivity index (χ4v) is 2.66. The molecule has 0 saturated carbocycles. The van der Waals surface area contributed by atoms with Crippen LogP contribution >= 0.6 is 0 Å². The van der Waals surface area contributed by atoms with Crippen molar-refractivity contribution < 1.29 is 9.49 Å². The van der Waals surface area contributed by atoms with Crippen LogP contribution in [-0.2, 0) is 13.0 Å². The third-order valence-electron chi connectivity index (χ3n) is 3.99. The molecule has 0 fully saturated rings. The number of benzene rings is 2. The van der Waals surface area contributed by atoms with Gasteiger partial charge in [0.2, 0.25) is 5.69 Å². The quantitative estimate of drug-likeness (QED) is 0.384. The predicted molar refractivity (Wildman–Crippen MR) is 98.8 cm³/mol. The standard InChI is InChI=1S/C21H19N2O2/c24-23(25)21-11-6-9-19(17-21)12-13-20-10-4-5-15-22(20)16-14-18-7-2-1-3-8-18/h1-13,15,17H,14,16H2/q+1. The zero-order chi connectivity index (χ0) is 17.5. The Bertz CT molecular complexity index is 889. The van der Waals surface area contributed by atoms with Crippen LogP contribution in [0, 0.1) is 10.1 Å². The molecule has 0 atom stereocenters. The van der Waals surface area contributed by atoms with Gasteiger partial charge in [0.05, 0.1) is 4.92 Å². The van der Waals surface area contributed by atoms with Gasteiger partial charge in [0.25, 0.3) is 5.69 Å². The molecule has 4 nitrogen and oxygen atoms in total. The van der Waals surface area contributed by atoms with Crippen molar-refractivity contribution in [1.82, 2.24) is 0 Å². The summed E-state index contributed by atoms with van der Waals surface area (Å²) in [4.78, 5) is 10.5. The molecular formula is C21H19N2O2+. The molecule has 0 bridgehead atoms. The van der Waals surface area contributed by atoms with Crippen molar-refractivity contribution in [3.63, 3.8) is 0 Å². The molecule has 0 unspecified atom stereocenters. The Morgan fingerprint density at radius 2 is 1.72 bits per heavy atom. The molecule has 0 aliphatic heterocycles. The van der Waals surface area contributed by atoms with Crippen molar-refractivity contribution in [2.24, 2.45) is 0 Å². The monoisotopic (exact) mass is 331 g/mol. The first-order valence-corrected chi connectivity index (χ1v) is 8.17. The highest BCUT2D eigenvalue weighted by Crippen LogP contribution is 2.15. The van der Waals surface area contributed by atoms with E-state index in [1.165, 1.54) is 11.6 Å². The van der Waals surface area contributed by atoms with E-state index in [1.54, 1.807) is 12.1 Å². The number of rotatable bonds is 6. The van der Waals surface area contributed by atoms with Crippen LogP contribution < -0.4 is 4.57 Å². The van der Waals surface area contributed by atoms with Gasteiger partial charge in [0.1, 0.15) is 0 Å². The van der Waals surface area contributed by atoms with E-state index < -0.39 is 0 Å². The summed E-state index contributed by atoms with van der Waals surface area (Å²) >= 11 is 0. The van der Waals surface area contributed by atoms with E-state index in [-0.39, 0.29) is 10.6 Å². The molecular weight excluding hydrogens is 312 g/mol. The summed E-state index contributed by atoms with van der Waals surface area (Å²) in [5, 5.41) is 10.9. The highest BCUT2D eigenvalue weighted by atomic mass is 16.6. The van der Waals surface area contributed by atoms with Gasteiger partial charge in [-0.15, -0.1) is 0 Å². The van der Waals surface area contributed by atoms with Crippen molar-refractivity contribution in [3.05, 3.63) is 106 Å². The zero-order valence-electron chi connectivity index (χ0n) is 13.8. The van der Waals surface area contributed by atoms with E-state index in [0.29, 0.717) is 0 Å². The number of hydrogen-bond acceptors (Lipinski definition) is 2. The number of aryl methyl sites for hydroxylation is 2. The SMILES string of the molecule is O=[N+]([O-])c1cccc(C=Cc2cccc[n+]2CCc2ccccc2)c1. The molecule has 0 aliphatic rings. The Hall–Kier alpha value is -3.27. The second kappa shape index (κ2) is 8.02. The summed E-state index contributed by atoms with van der Waals surface area (Å²) in [6, 6.07) is 23.1. The molecule has 2 aromatic carbocycles. The summed E-state index contributed by atoms with van der Waals surface area (Å²) in [7, 11) is 0. The minimum absolute atomic E-state index is 0.104. The van der Waals surface area contributed by atoms with E-state index in [1.807, 2.05) is 54.6 Å². The third-order valence-corrected chi connectivity index (χ3v) is 3.99. The smallest absolute Gasteiger partial charge is 0.258 e. The van der Waals surface area contributed by atoms with Crippen molar-refractivity contribution in [2.75, 3.05) is 0 Å². The molecule has 0 aliphatic carbocycles. The van der Waals surface area contributed by atoms with Crippen LogP contribution in [0.25, 0.3) is 12.2 Å². The number of non-ortho nitro benzene ring substituents is 1. The maximum absolute atomic E-state index is 10.9. The minimum atomic E-state index is -0.375. The summed E-state index contributed by atoms with van der Waals surface area (Å²) in [6.45, 7) is 0.874. The fourth-order valence-electron chi connectivity index (χ4n) is 2.66. The Balaban J connectivity index is 1.76. The van der Waals surface area contributed by atoms with Gasteiger partial charge in [-0.1, -0.05) is 42.5 Å². The van der Waals surface area contributed by atoms with E-state index in [4.69, 9.17) is 0 Å². The Morgan fingerprint density at radius 3 is 2.52 bits per heavy atom. The maximum atomic E-state index is 10.9. The van der Waals surface area contributed by atoms with Crippen molar-refractivity contribution in [3.8, 4) is 0 Å². The number of nitrogens with zero attached hydrogens (tertiary/aromatic N) is 2. The first-order valence-electron chi connectivity index (χ1n) is 8.17. The third kappa shape index (κ3) is 4.61. The maximum Gasteiger partial charge on any atom is 0.270 e. The molecule has 0 spiro atoms. The van der Waals surface area contributed by atoms with E-state index in [2.05, 4.69) is 22.9 Å². The van der Waals surface area contributed by atoms with Crippen LogP contribution in [0.2, 0.25) is 0 Å². The summed E-state index contributed by atoms with van der Waals surface area (Å²) in [6.07, 6.45) is 6.90. The lowest BCUT2D eigenvalue weighted by Gasteiger charge is -2.01. The van der Waals surface area contributed by atoms with Crippen LogP contribution in [0.5, 0.6) is 0 Å². The molecule has 25 heavy (non-hydrogen) atoms. The van der Waals surface area contributed by atoms with Crippen LogP contribution in [-0.4, -0.2) is 4.92 Å². The van der Waals surface area contributed by atoms with Crippen LogP contribution in [0.1, 0.15) is 16.8 Å². The van der Waals surface area contributed by atoms with Gasteiger partial charge in [-0.05, 0) is 23.3 Å². The molecule has 0 amide bonds. The van der Waals surface area contributed by atoms with Gasteiger partial charge in [-0.3, -0.25) is 10.1 Å². The molecule has 1 heterocycles. The number of pyridine rings is 1. The number of nitro benzene ring substituents is 1. The van der Waals surface area contributed by atoms with Gasteiger partial charge >= 0.3 is 0 Å². The Morgan fingerprint density at radius 1 is 0.920 bits per heavy atom. The molecule has 124 valence electrons. The highest BCUT2D eigenvalue weighted by molar-refractivity contribution is 5.68. The molecule has 0 radical (unpaired) electrons. The van der Waals surface area contributed by atoms with Crippen molar-refractivity contribution in [1.29, 1.82) is 0 Å². The van der Waals surface area contributed by atoms with Gasteiger partial charge in [-0.2, -0.15) is 4.57 Å². The lowest BCUT2D eigenvalue weighted by Crippen LogP contribution is -2.37. The summed E-state index contributed by atoms with van der Waals surface area (Å²) < 4.78 is 2.18. The van der Waals surface area contributed by atoms with Crippen molar-refractivity contribution in [2.45, 2.75) is 13.0 Å². The van der Waals surface area contributed by atoms with E-state index in [0.717, 1.165) is 24.2 Å². The number of aromatic nitrogens is 1. The molecule has 0 saturated heterocycles. The number of hydrogen-bond donors (Lipinski definition) is 0. The van der Waals surface area contributed by atoms with Crippen LogP contribution in [0.4, 0.5) is 5.69 Å². The van der Waals surface area contributed by atoms with E-state index >= 15 is 0 Å². The molecule has 4 heteroatoms. The molecule has 3 rings (SSSR count). The topological polar surface area (TPSA) is 47.0 Å². The Kier molecular flexibility index (Phi) is 5.32. The first kappa shape index (κ1) is 16.6. The van der Waals surface area contributed by atoms with Crippen LogP contribution in [0.3, 0.4) is 0 Å². The average molecular weight is 331 g/mol. The highest BCUT2D eigenvalue weighted by Gasteiger charge is 2.08. The van der Waals surface area contributed by atoms with Gasteiger partial charge < -0.3 is 0 Å². The summed E-state index contributed by atoms with van der Waals surface area (Å²) in [5.41, 5.74) is 3.28. The normalized spacial score (nSPS) is 10.9. The average Bonchev–Trinajstić information content (AvgIpc) is 2.66. The second-order valence-corrected chi connectivity index (χ2v) is 5.74. The second-order valence-electron chi connectivity index (χ2n) is 5.74. The van der Waals surface area contributed by atoms with Crippen molar-refractivity contribution >= 4 is 17.8 Å². The largest absolute Gasteiger partial charge is 0.270 e. The lowest BCUT2D eigenvalue weighted by atomic mass is 10.1. The zero-order valence-corrected chi connectivity index (χ0v) is 13.8. The fraction of sp³-hybridized carbons (Fsp3) is 0.0952. The molecule has 1 aromatic heterocycles. The predicted octanol–water partition coefficient (Wildman–Crippen LogP) is 4.30. The van der Waals surface area contributed by atoms with E-state index in [9.17, 15) is 10.1 Å². The van der Waals surface area contributed by atoms with Gasteiger partial charge in [-0.25, -0.2) is 0 Å². The molecule has 3 aromatic rings. The van der Waals surface area contributed by atoms with Gasteiger partial charge in [0, 0.05) is 36.8 Å². The number of nitro groups is 1. The lowest BCUT2D eigenvalue weighted by molar-refractivity contribution is -0.698. The Labute approximate surface area is 146 Å². The first-order chi connectivity index (χ1) is 12.2. The van der Waals surface area contributed by atoms with Gasteiger partial charge in [0.15, 0.2) is 12.7 Å². The molecule has 0 N–H and O–H groups in total. The minimum Gasteiger partial charge on any atom is -0.258 e. The summed E-state index contributed by atoms with van der Waals surface area (Å²) in [5.74, 6) is 0. The van der Waals surface area contributed by atoms with Crippen LogP contribution in [0.15, 0.2) is 79.0 Å².